The van der Waals surface area contributed by atoms with E-state index in [1.54, 1.807) is 6.34 Å². The average Bonchev–Trinajstić information content (AvgIpc) is 2.68. The van der Waals surface area contributed by atoms with Gasteiger partial charge >= 0.3 is 5.97 Å². The van der Waals surface area contributed by atoms with Gasteiger partial charge in [0.2, 0.25) is 0 Å². The van der Waals surface area contributed by atoms with E-state index >= 15 is 0 Å². The molecule has 1 aromatic carbocycles. The van der Waals surface area contributed by atoms with E-state index in [1.807, 2.05) is 31.1 Å². The molecule has 0 saturated heterocycles. The number of benzene rings is 1. The lowest BCUT2D eigenvalue weighted by Crippen LogP contribution is -2.07. The lowest BCUT2D eigenvalue weighted by Gasteiger charge is -2.12. The van der Waals surface area contributed by atoms with Crippen LogP contribution in [0.5, 0.6) is 0 Å². The zero-order valence-electron chi connectivity index (χ0n) is 11.0. The summed E-state index contributed by atoms with van der Waals surface area (Å²) >= 11 is 0. The molecule has 0 aromatic heterocycles. The van der Waals surface area contributed by atoms with Crippen molar-refractivity contribution in [3.8, 4) is 0 Å². The topological polar surface area (TPSA) is 41.9 Å². The van der Waals surface area contributed by atoms with Crippen LogP contribution in [0.15, 0.2) is 23.2 Å². The molecule has 1 aromatic rings. The van der Waals surface area contributed by atoms with Gasteiger partial charge in [-0.25, -0.2) is 4.99 Å². The summed E-state index contributed by atoms with van der Waals surface area (Å²) in [5.74, 6) is -0.227. The molecule has 0 fully saturated rings. The normalized spacial score (nSPS) is 17.8. The van der Waals surface area contributed by atoms with Gasteiger partial charge in [0.25, 0.3) is 0 Å². The van der Waals surface area contributed by atoms with Crippen LogP contribution in [-0.2, 0) is 16.0 Å². The SMILES string of the molecule is CC(=O)OC1CCc2ccc(N=CN(C)C)cc21. The van der Waals surface area contributed by atoms with Crippen LogP contribution in [0.1, 0.15) is 30.6 Å². The van der Waals surface area contributed by atoms with Gasteiger partial charge in [-0.3, -0.25) is 4.79 Å². The Morgan fingerprint density at radius 2 is 2.28 bits per heavy atom. The van der Waals surface area contributed by atoms with Crippen molar-refractivity contribution in [3.05, 3.63) is 29.3 Å². The summed E-state index contributed by atoms with van der Waals surface area (Å²) in [5.41, 5.74) is 3.24. The van der Waals surface area contributed by atoms with Gasteiger partial charge in [-0.1, -0.05) is 6.07 Å². The van der Waals surface area contributed by atoms with E-state index in [2.05, 4.69) is 11.1 Å². The van der Waals surface area contributed by atoms with Gasteiger partial charge in [0.15, 0.2) is 0 Å². The lowest BCUT2D eigenvalue weighted by molar-refractivity contribution is -0.146. The molecule has 18 heavy (non-hydrogen) atoms. The van der Waals surface area contributed by atoms with E-state index in [4.69, 9.17) is 4.74 Å². The first-order chi connectivity index (χ1) is 8.56. The van der Waals surface area contributed by atoms with Crippen LogP contribution < -0.4 is 0 Å². The van der Waals surface area contributed by atoms with Gasteiger partial charge in [0.1, 0.15) is 6.10 Å². The van der Waals surface area contributed by atoms with Gasteiger partial charge < -0.3 is 9.64 Å². The largest absolute Gasteiger partial charge is 0.458 e. The van der Waals surface area contributed by atoms with Crippen molar-refractivity contribution in [3.63, 3.8) is 0 Å². The van der Waals surface area contributed by atoms with E-state index in [9.17, 15) is 4.79 Å². The molecule has 0 N–H and O–H groups in total. The molecule has 0 radical (unpaired) electrons. The Morgan fingerprint density at radius 3 is 2.94 bits per heavy atom. The zero-order chi connectivity index (χ0) is 13.1. The number of ether oxygens (including phenoxy) is 1. The second kappa shape index (κ2) is 5.21. The van der Waals surface area contributed by atoms with Crippen molar-refractivity contribution in [2.75, 3.05) is 14.1 Å². The number of fused-ring (bicyclic) bond motifs is 1. The number of hydrogen-bond acceptors (Lipinski definition) is 3. The molecule has 0 saturated carbocycles. The third-order valence-electron chi connectivity index (χ3n) is 2.90. The fraction of sp³-hybridized carbons (Fsp3) is 0.429. The minimum atomic E-state index is -0.227. The fourth-order valence-electron chi connectivity index (χ4n) is 2.14. The van der Waals surface area contributed by atoms with Crippen molar-refractivity contribution >= 4 is 18.0 Å². The quantitative estimate of drug-likeness (QED) is 0.467. The Hall–Kier alpha value is -1.84. The minimum Gasteiger partial charge on any atom is -0.458 e. The molecule has 1 unspecified atom stereocenters. The van der Waals surface area contributed by atoms with Crippen LogP contribution in [0.2, 0.25) is 0 Å². The van der Waals surface area contributed by atoms with Crippen LogP contribution in [0.25, 0.3) is 0 Å². The molecule has 0 heterocycles. The molecule has 0 aliphatic heterocycles. The van der Waals surface area contributed by atoms with Gasteiger partial charge in [-0.05, 0) is 36.1 Å². The van der Waals surface area contributed by atoms with Gasteiger partial charge in [0.05, 0.1) is 12.0 Å². The smallest absolute Gasteiger partial charge is 0.303 e. The molecular weight excluding hydrogens is 228 g/mol. The Balaban J connectivity index is 2.22. The van der Waals surface area contributed by atoms with Crippen molar-refractivity contribution < 1.29 is 9.53 Å². The maximum absolute atomic E-state index is 11.1. The Morgan fingerprint density at radius 1 is 1.50 bits per heavy atom. The molecule has 4 nitrogen and oxygen atoms in total. The van der Waals surface area contributed by atoms with Crippen molar-refractivity contribution in [2.45, 2.75) is 25.9 Å². The summed E-state index contributed by atoms with van der Waals surface area (Å²) in [7, 11) is 3.86. The predicted octanol–water partition coefficient (Wildman–Crippen LogP) is 2.46. The molecule has 0 spiro atoms. The van der Waals surface area contributed by atoms with Gasteiger partial charge in [-0.2, -0.15) is 0 Å². The summed E-state index contributed by atoms with van der Waals surface area (Å²) in [6.45, 7) is 1.45. The molecule has 96 valence electrons. The molecular formula is C14H18N2O2. The summed E-state index contributed by atoms with van der Waals surface area (Å²) in [6, 6.07) is 6.08. The maximum Gasteiger partial charge on any atom is 0.303 e. The molecule has 4 heteroatoms. The summed E-state index contributed by atoms with van der Waals surface area (Å²) < 4.78 is 5.32. The first-order valence-electron chi connectivity index (χ1n) is 6.07. The highest BCUT2D eigenvalue weighted by Crippen LogP contribution is 2.36. The highest BCUT2D eigenvalue weighted by atomic mass is 16.5. The monoisotopic (exact) mass is 246 g/mol. The third-order valence-corrected chi connectivity index (χ3v) is 2.90. The molecule has 0 amide bonds. The Kier molecular flexibility index (Phi) is 3.65. The maximum atomic E-state index is 11.1. The molecule has 0 bridgehead atoms. The Labute approximate surface area is 107 Å². The van der Waals surface area contributed by atoms with Crippen molar-refractivity contribution in [2.24, 2.45) is 4.99 Å². The van der Waals surface area contributed by atoms with Crippen molar-refractivity contribution in [1.29, 1.82) is 0 Å². The number of aliphatic imine (C=N–C) groups is 1. The number of rotatable bonds is 3. The highest BCUT2D eigenvalue weighted by Gasteiger charge is 2.24. The third kappa shape index (κ3) is 2.88. The van der Waals surface area contributed by atoms with E-state index in [0.29, 0.717) is 0 Å². The molecule has 1 atom stereocenters. The van der Waals surface area contributed by atoms with Crippen molar-refractivity contribution in [1.82, 2.24) is 4.90 Å². The summed E-state index contributed by atoms with van der Waals surface area (Å²) in [5, 5.41) is 0. The number of aryl methyl sites for hydroxylation is 1. The van der Waals surface area contributed by atoms with Crippen LogP contribution in [-0.4, -0.2) is 31.3 Å². The van der Waals surface area contributed by atoms with Crippen LogP contribution in [0, 0.1) is 0 Å². The zero-order valence-corrected chi connectivity index (χ0v) is 11.0. The van der Waals surface area contributed by atoms with Gasteiger partial charge in [0, 0.05) is 21.0 Å². The lowest BCUT2D eigenvalue weighted by atomic mass is 10.1. The van der Waals surface area contributed by atoms with Crippen LogP contribution >= 0.6 is 0 Å². The number of esters is 1. The highest BCUT2D eigenvalue weighted by molar-refractivity contribution is 5.67. The first kappa shape index (κ1) is 12.6. The molecule has 2 rings (SSSR count). The average molecular weight is 246 g/mol. The number of carbonyl (C=O) groups excluding carboxylic acids is 1. The minimum absolute atomic E-state index is 0.105. The van der Waals surface area contributed by atoms with Gasteiger partial charge in [-0.15, -0.1) is 0 Å². The molecule has 1 aliphatic carbocycles. The number of hydrogen-bond donors (Lipinski definition) is 0. The number of carbonyl (C=O) groups is 1. The Bertz CT molecular complexity index is 481. The standard InChI is InChI=1S/C14H18N2O2/c1-10(17)18-14-7-5-11-4-6-12(8-13(11)14)15-9-16(2)3/h4,6,8-9,14H,5,7H2,1-3H3. The summed E-state index contributed by atoms with van der Waals surface area (Å²) in [6.07, 6.45) is 3.49. The first-order valence-corrected chi connectivity index (χ1v) is 6.07. The van der Waals surface area contributed by atoms with E-state index in [1.165, 1.54) is 12.5 Å². The second-order valence-electron chi connectivity index (χ2n) is 4.73. The predicted molar refractivity (Wildman–Crippen MR) is 71.1 cm³/mol. The van der Waals surface area contributed by atoms with E-state index in [0.717, 1.165) is 24.1 Å². The second-order valence-corrected chi connectivity index (χ2v) is 4.73. The van der Waals surface area contributed by atoms with Crippen LogP contribution in [0.3, 0.4) is 0 Å². The number of nitrogens with zero attached hydrogens (tertiary/aromatic N) is 2. The van der Waals surface area contributed by atoms with Crippen LogP contribution in [0.4, 0.5) is 5.69 Å². The van der Waals surface area contributed by atoms with E-state index < -0.39 is 0 Å². The fourth-order valence-corrected chi connectivity index (χ4v) is 2.14. The summed E-state index contributed by atoms with van der Waals surface area (Å²) in [4.78, 5) is 17.3. The van der Waals surface area contributed by atoms with E-state index in [-0.39, 0.29) is 12.1 Å². The molecule has 1 aliphatic rings.